The Morgan fingerprint density at radius 1 is 1.15 bits per heavy atom. The number of hydrogen-bond donors (Lipinski definition) is 7. The predicted molar refractivity (Wildman–Crippen MR) is 126 cm³/mol. The molecular formula is C21H36N8O4. The Balaban J connectivity index is 1.75. The molecular weight excluding hydrogens is 428 g/mol. The van der Waals surface area contributed by atoms with Gasteiger partial charge >= 0.3 is 18.1 Å². The lowest BCUT2D eigenvalue weighted by Gasteiger charge is -2.29. The number of anilines is 2. The van der Waals surface area contributed by atoms with Crippen molar-refractivity contribution in [2.45, 2.75) is 58.9 Å². The molecule has 1 saturated carbocycles. The summed E-state index contributed by atoms with van der Waals surface area (Å²) < 4.78 is 0. The van der Waals surface area contributed by atoms with E-state index in [2.05, 4.69) is 57.3 Å². The van der Waals surface area contributed by atoms with Gasteiger partial charge in [0.1, 0.15) is 5.82 Å². The Hall–Kier alpha value is -3.31. The van der Waals surface area contributed by atoms with E-state index in [9.17, 15) is 19.2 Å². The van der Waals surface area contributed by atoms with Crippen molar-refractivity contribution in [1.29, 1.82) is 0 Å². The molecule has 0 saturated heterocycles. The third-order valence-corrected chi connectivity index (χ3v) is 5.92. The summed E-state index contributed by atoms with van der Waals surface area (Å²) in [6.07, 6.45) is 4.39. The summed E-state index contributed by atoms with van der Waals surface area (Å²) in [4.78, 5) is 53.3. The van der Waals surface area contributed by atoms with Crippen molar-refractivity contribution in [3.05, 3.63) is 16.4 Å². The highest BCUT2D eigenvalue weighted by Gasteiger charge is 2.24. The van der Waals surface area contributed by atoms with Crippen molar-refractivity contribution in [2.24, 2.45) is 23.5 Å². The highest BCUT2D eigenvalue weighted by molar-refractivity contribution is 5.89. The quantitative estimate of drug-likeness (QED) is 0.294. The van der Waals surface area contributed by atoms with E-state index in [0.29, 0.717) is 24.9 Å². The molecule has 1 aromatic rings. The number of urea groups is 3. The summed E-state index contributed by atoms with van der Waals surface area (Å²) in [5.74, 6) is 1.22. The van der Waals surface area contributed by atoms with Crippen molar-refractivity contribution >= 4 is 29.9 Å². The Labute approximate surface area is 193 Å². The first-order chi connectivity index (χ1) is 15.6. The summed E-state index contributed by atoms with van der Waals surface area (Å²) in [6.45, 7) is 7.71. The summed E-state index contributed by atoms with van der Waals surface area (Å²) >= 11 is 0. The topological polar surface area (TPSA) is 183 Å². The van der Waals surface area contributed by atoms with E-state index in [-0.39, 0.29) is 29.8 Å². The number of aromatic nitrogens is 2. The van der Waals surface area contributed by atoms with Gasteiger partial charge in [0.2, 0.25) is 5.95 Å². The van der Waals surface area contributed by atoms with Crippen LogP contribution < -0.4 is 37.9 Å². The van der Waals surface area contributed by atoms with E-state index in [4.69, 9.17) is 5.73 Å². The van der Waals surface area contributed by atoms with Gasteiger partial charge in [-0.2, -0.15) is 4.98 Å². The standard InChI is InChI=1S/C21H36N8O4/c1-12(2)13(3)7-8-23-20(32)24-11-14-5-4-6-15(9-14)25-21(33)29-19-27-16(26-18(22)31)10-17(30)28-19/h10,12-15H,4-9,11H2,1-3H3,(H2,23,24,32)(H6,22,25,26,27,28,29,30,31,33). The van der Waals surface area contributed by atoms with Gasteiger partial charge in [-0.3, -0.25) is 20.4 Å². The van der Waals surface area contributed by atoms with Crippen LogP contribution in [0.1, 0.15) is 52.9 Å². The number of nitrogens with two attached hydrogens (primary N) is 1. The number of aromatic amines is 1. The fourth-order valence-corrected chi connectivity index (χ4v) is 3.69. The van der Waals surface area contributed by atoms with Crippen LogP contribution in [-0.4, -0.2) is 47.2 Å². The van der Waals surface area contributed by atoms with Gasteiger partial charge in [0.25, 0.3) is 5.56 Å². The highest BCUT2D eigenvalue weighted by Crippen LogP contribution is 2.24. The third kappa shape index (κ3) is 9.79. The lowest BCUT2D eigenvalue weighted by atomic mass is 9.85. The molecule has 2 rings (SSSR count). The van der Waals surface area contributed by atoms with E-state index in [1.54, 1.807) is 0 Å². The Morgan fingerprint density at radius 2 is 1.91 bits per heavy atom. The van der Waals surface area contributed by atoms with Crippen molar-refractivity contribution in [1.82, 2.24) is 25.9 Å². The van der Waals surface area contributed by atoms with Crippen LogP contribution in [0, 0.1) is 17.8 Å². The minimum Gasteiger partial charge on any atom is -0.351 e. The van der Waals surface area contributed by atoms with Crippen molar-refractivity contribution in [3.8, 4) is 0 Å². The Morgan fingerprint density at radius 3 is 2.61 bits per heavy atom. The molecule has 33 heavy (non-hydrogen) atoms. The maximum Gasteiger partial charge on any atom is 0.321 e. The van der Waals surface area contributed by atoms with Crippen LogP contribution in [0.4, 0.5) is 26.1 Å². The molecule has 12 nitrogen and oxygen atoms in total. The molecule has 0 bridgehead atoms. The van der Waals surface area contributed by atoms with Gasteiger partial charge < -0.3 is 21.7 Å². The van der Waals surface area contributed by atoms with E-state index in [1.807, 2.05) is 0 Å². The average Bonchev–Trinajstić information content (AvgIpc) is 2.71. The number of primary amides is 1. The number of amides is 6. The van der Waals surface area contributed by atoms with Gasteiger partial charge in [-0.15, -0.1) is 0 Å². The molecule has 1 aliphatic rings. The number of carbonyl (C=O) groups is 3. The lowest BCUT2D eigenvalue weighted by Crippen LogP contribution is -2.44. The van der Waals surface area contributed by atoms with Crippen LogP contribution in [0.25, 0.3) is 0 Å². The molecule has 1 heterocycles. The SMILES string of the molecule is CC(C)C(C)CCNC(=O)NCC1CCCC(NC(=O)Nc2nc(NC(N)=O)cc(=O)[nH]2)C1. The number of nitrogens with one attached hydrogen (secondary N) is 6. The molecule has 184 valence electrons. The second-order valence-electron chi connectivity index (χ2n) is 8.94. The first-order valence-corrected chi connectivity index (χ1v) is 11.4. The van der Waals surface area contributed by atoms with Crippen molar-refractivity contribution in [2.75, 3.05) is 23.7 Å². The molecule has 1 aromatic heterocycles. The van der Waals surface area contributed by atoms with E-state index in [1.165, 1.54) is 0 Å². The molecule has 0 spiro atoms. The van der Waals surface area contributed by atoms with Crippen LogP contribution in [0.2, 0.25) is 0 Å². The first kappa shape index (κ1) is 25.9. The molecule has 0 radical (unpaired) electrons. The van der Waals surface area contributed by atoms with Gasteiger partial charge in [0.15, 0.2) is 0 Å². The van der Waals surface area contributed by atoms with Crippen LogP contribution in [0.5, 0.6) is 0 Å². The number of hydrogen-bond acceptors (Lipinski definition) is 5. The van der Waals surface area contributed by atoms with Gasteiger partial charge in [-0.05, 0) is 43.4 Å². The Bertz CT molecular complexity index is 872. The maximum absolute atomic E-state index is 12.3. The highest BCUT2D eigenvalue weighted by atomic mass is 16.2. The zero-order chi connectivity index (χ0) is 24.4. The fraction of sp³-hybridized carbons (Fsp3) is 0.667. The van der Waals surface area contributed by atoms with Crippen molar-refractivity contribution in [3.63, 3.8) is 0 Å². The normalized spacial score (nSPS) is 18.8. The summed E-state index contributed by atoms with van der Waals surface area (Å²) in [6, 6.07) is -0.584. The molecule has 1 fully saturated rings. The second kappa shape index (κ2) is 12.7. The summed E-state index contributed by atoms with van der Waals surface area (Å²) in [7, 11) is 0. The average molecular weight is 465 g/mol. The fourth-order valence-electron chi connectivity index (χ4n) is 3.69. The number of nitrogens with zero attached hydrogens (tertiary/aromatic N) is 1. The lowest BCUT2D eigenvalue weighted by molar-refractivity contribution is 0.225. The van der Waals surface area contributed by atoms with Gasteiger partial charge in [0, 0.05) is 25.2 Å². The largest absolute Gasteiger partial charge is 0.351 e. The van der Waals surface area contributed by atoms with Gasteiger partial charge in [-0.1, -0.05) is 27.2 Å². The zero-order valence-electron chi connectivity index (χ0n) is 19.5. The van der Waals surface area contributed by atoms with E-state index in [0.717, 1.165) is 38.2 Å². The molecule has 8 N–H and O–H groups in total. The summed E-state index contributed by atoms with van der Waals surface area (Å²) in [5.41, 5.74) is 4.47. The smallest absolute Gasteiger partial charge is 0.321 e. The maximum atomic E-state index is 12.3. The Kier molecular flexibility index (Phi) is 9.95. The van der Waals surface area contributed by atoms with Crippen LogP contribution >= 0.6 is 0 Å². The number of carbonyl (C=O) groups excluding carboxylic acids is 3. The number of rotatable bonds is 9. The first-order valence-electron chi connectivity index (χ1n) is 11.4. The van der Waals surface area contributed by atoms with Crippen LogP contribution in [-0.2, 0) is 0 Å². The van der Waals surface area contributed by atoms with Crippen LogP contribution in [0.3, 0.4) is 0 Å². The van der Waals surface area contributed by atoms with E-state index >= 15 is 0 Å². The number of H-pyrrole nitrogens is 1. The summed E-state index contributed by atoms with van der Waals surface area (Å²) in [5, 5.41) is 13.3. The monoisotopic (exact) mass is 464 g/mol. The third-order valence-electron chi connectivity index (χ3n) is 5.92. The van der Waals surface area contributed by atoms with Gasteiger partial charge in [0.05, 0.1) is 0 Å². The molecule has 3 atom stereocenters. The van der Waals surface area contributed by atoms with Gasteiger partial charge in [-0.25, -0.2) is 14.4 Å². The molecule has 1 aliphatic carbocycles. The van der Waals surface area contributed by atoms with E-state index < -0.39 is 17.6 Å². The molecule has 12 heteroatoms. The molecule has 3 unspecified atom stereocenters. The predicted octanol–water partition coefficient (Wildman–Crippen LogP) is 1.92. The minimum absolute atomic E-state index is 0.0673. The molecule has 0 aliphatic heterocycles. The van der Waals surface area contributed by atoms with Crippen LogP contribution in [0.15, 0.2) is 10.9 Å². The zero-order valence-corrected chi connectivity index (χ0v) is 19.5. The molecule has 6 amide bonds. The molecule has 0 aromatic carbocycles. The van der Waals surface area contributed by atoms with Crippen molar-refractivity contribution < 1.29 is 14.4 Å². The minimum atomic E-state index is -0.871. The second-order valence-corrected chi connectivity index (χ2v) is 8.94.